The zero-order valence-corrected chi connectivity index (χ0v) is 13.4. The lowest BCUT2D eigenvalue weighted by Crippen LogP contribution is -2.33. The highest BCUT2D eigenvalue weighted by Crippen LogP contribution is 2.35. The largest absolute Gasteiger partial charge is 0.395 e. The molecule has 1 aliphatic carbocycles. The Morgan fingerprint density at radius 3 is 3.00 bits per heavy atom. The fourth-order valence-electron chi connectivity index (χ4n) is 3.14. The van der Waals surface area contributed by atoms with Gasteiger partial charge in [-0.15, -0.1) is 11.3 Å². The maximum absolute atomic E-state index is 9.42. The van der Waals surface area contributed by atoms with Gasteiger partial charge in [0.25, 0.3) is 0 Å². The monoisotopic (exact) mass is 322 g/mol. The number of hydrogen-bond donors (Lipinski definition) is 1. The summed E-state index contributed by atoms with van der Waals surface area (Å²) in [5, 5.41) is 9.42. The van der Waals surface area contributed by atoms with Crippen LogP contribution in [0.25, 0.3) is 0 Å². The number of aryl methyl sites for hydroxylation is 1. The average molecular weight is 323 g/mol. The second-order valence-corrected chi connectivity index (χ2v) is 7.08. The van der Waals surface area contributed by atoms with Gasteiger partial charge in [0.2, 0.25) is 0 Å². The average Bonchev–Trinajstić information content (AvgIpc) is 2.91. The summed E-state index contributed by atoms with van der Waals surface area (Å²) in [6.07, 6.45) is 5.34. The van der Waals surface area contributed by atoms with Crippen LogP contribution in [0.15, 0.2) is 30.5 Å². The zero-order valence-electron chi connectivity index (χ0n) is 11.8. The molecule has 0 saturated carbocycles. The maximum Gasteiger partial charge on any atom is 0.183 e. The van der Waals surface area contributed by atoms with Crippen molar-refractivity contribution in [2.75, 3.05) is 13.2 Å². The van der Waals surface area contributed by atoms with Gasteiger partial charge in [0.15, 0.2) is 4.47 Å². The number of rotatable bonds is 5. The summed E-state index contributed by atoms with van der Waals surface area (Å²) in [5.41, 5.74) is 2.85. The van der Waals surface area contributed by atoms with Gasteiger partial charge in [-0.3, -0.25) is 4.90 Å². The summed E-state index contributed by atoms with van der Waals surface area (Å²) in [6, 6.07) is 9.05. The van der Waals surface area contributed by atoms with Crippen molar-refractivity contribution in [2.24, 2.45) is 0 Å². The Bertz CT molecular complexity index is 601. The van der Waals surface area contributed by atoms with E-state index < -0.39 is 0 Å². The molecule has 1 aromatic heterocycles. The first-order valence-electron chi connectivity index (χ1n) is 7.31. The fraction of sp³-hybridized carbons (Fsp3) is 0.438. The smallest absolute Gasteiger partial charge is 0.183 e. The Morgan fingerprint density at radius 1 is 1.38 bits per heavy atom. The highest BCUT2D eigenvalue weighted by Gasteiger charge is 2.25. The molecule has 1 N–H and O–H groups in total. The quantitative estimate of drug-likeness (QED) is 0.912. The Kier molecular flexibility index (Phi) is 4.91. The first kappa shape index (κ1) is 15.0. The summed E-state index contributed by atoms with van der Waals surface area (Å²) < 4.78 is 0.581. The molecule has 0 fully saturated rings. The minimum atomic E-state index is 0.172. The van der Waals surface area contributed by atoms with Crippen LogP contribution in [0.1, 0.15) is 34.9 Å². The summed E-state index contributed by atoms with van der Waals surface area (Å²) in [6.45, 7) is 1.64. The van der Waals surface area contributed by atoms with Crippen molar-refractivity contribution in [1.82, 2.24) is 9.88 Å². The molecule has 1 unspecified atom stereocenters. The number of aromatic nitrogens is 1. The molecule has 0 aliphatic heterocycles. The van der Waals surface area contributed by atoms with Gasteiger partial charge in [0.05, 0.1) is 6.61 Å². The minimum absolute atomic E-state index is 0.172. The molecule has 2 aromatic rings. The zero-order chi connectivity index (χ0) is 14.7. The van der Waals surface area contributed by atoms with Crippen LogP contribution in [0.5, 0.6) is 0 Å². The second-order valence-electron chi connectivity index (χ2n) is 5.38. The molecule has 0 radical (unpaired) electrons. The van der Waals surface area contributed by atoms with Gasteiger partial charge < -0.3 is 5.11 Å². The summed E-state index contributed by atoms with van der Waals surface area (Å²) in [7, 11) is 0. The van der Waals surface area contributed by atoms with Crippen molar-refractivity contribution >= 4 is 22.9 Å². The molecule has 0 amide bonds. The van der Waals surface area contributed by atoms with Crippen LogP contribution >= 0.6 is 22.9 Å². The van der Waals surface area contributed by atoms with Gasteiger partial charge in [0, 0.05) is 30.2 Å². The van der Waals surface area contributed by atoms with Gasteiger partial charge >= 0.3 is 0 Å². The van der Waals surface area contributed by atoms with Crippen LogP contribution in [0, 0.1) is 0 Å². The lowest BCUT2D eigenvalue weighted by Gasteiger charge is -2.35. The van der Waals surface area contributed by atoms with Crippen LogP contribution in [0.3, 0.4) is 0 Å². The summed E-state index contributed by atoms with van der Waals surface area (Å²) in [4.78, 5) is 7.61. The molecule has 3 rings (SSSR count). The Labute approximate surface area is 134 Å². The molecule has 1 aromatic carbocycles. The van der Waals surface area contributed by atoms with E-state index in [4.69, 9.17) is 11.6 Å². The van der Waals surface area contributed by atoms with E-state index in [9.17, 15) is 5.11 Å². The van der Waals surface area contributed by atoms with Crippen LogP contribution < -0.4 is 0 Å². The number of aliphatic hydroxyl groups is 1. The number of aliphatic hydroxyl groups excluding tert-OH is 1. The van der Waals surface area contributed by atoms with E-state index in [2.05, 4.69) is 34.1 Å². The SMILES string of the molecule is OCCN(Cc1cnc(Cl)s1)C1CCCc2ccccc21. The molecule has 1 atom stereocenters. The third kappa shape index (κ3) is 3.46. The van der Waals surface area contributed by atoms with Crippen molar-refractivity contribution in [3.05, 3.63) is 50.9 Å². The molecule has 1 heterocycles. The fourth-order valence-corrected chi connectivity index (χ4v) is 4.14. The van der Waals surface area contributed by atoms with Gasteiger partial charge in [-0.05, 0) is 30.4 Å². The first-order chi connectivity index (χ1) is 10.3. The maximum atomic E-state index is 9.42. The highest BCUT2D eigenvalue weighted by molar-refractivity contribution is 7.15. The van der Waals surface area contributed by atoms with Crippen LogP contribution in [0.4, 0.5) is 0 Å². The first-order valence-corrected chi connectivity index (χ1v) is 8.50. The Balaban J connectivity index is 1.84. The molecule has 21 heavy (non-hydrogen) atoms. The van der Waals surface area contributed by atoms with E-state index in [-0.39, 0.29) is 6.61 Å². The van der Waals surface area contributed by atoms with E-state index >= 15 is 0 Å². The van der Waals surface area contributed by atoms with Crippen molar-refractivity contribution in [1.29, 1.82) is 0 Å². The predicted molar refractivity (Wildman–Crippen MR) is 86.7 cm³/mol. The van der Waals surface area contributed by atoms with Gasteiger partial charge in [-0.25, -0.2) is 4.98 Å². The predicted octanol–water partition coefficient (Wildman–Crippen LogP) is 3.67. The van der Waals surface area contributed by atoms with E-state index in [0.29, 0.717) is 17.1 Å². The lowest BCUT2D eigenvalue weighted by molar-refractivity contribution is 0.132. The van der Waals surface area contributed by atoms with Crippen LogP contribution in [-0.2, 0) is 13.0 Å². The number of fused-ring (bicyclic) bond motifs is 1. The number of halogens is 1. The van der Waals surface area contributed by atoms with E-state index in [1.54, 1.807) is 0 Å². The normalized spacial score (nSPS) is 18.0. The molecule has 112 valence electrons. The summed E-state index contributed by atoms with van der Waals surface area (Å²) >= 11 is 7.45. The Hall–Kier alpha value is -0.940. The van der Waals surface area contributed by atoms with E-state index in [1.165, 1.54) is 28.9 Å². The van der Waals surface area contributed by atoms with Gasteiger partial charge in [-0.1, -0.05) is 35.9 Å². The standard InChI is InChI=1S/C16H19ClN2OS/c17-16-18-10-13(21-16)11-19(8-9-20)15-7-3-5-12-4-1-2-6-14(12)15/h1-2,4,6,10,15,20H,3,5,7-9,11H2. The molecule has 1 aliphatic rings. The molecular formula is C16H19ClN2OS. The lowest BCUT2D eigenvalue weighted by atomic mass is 9.87. The molecular weight excluding hydrogens is 304 g/mol. The number of thiazole rings is 1. The van der Waals surface area contributed by atoms with Gasteiger partial charge in [-0.2, -0.15) is 0 Å². The number of benzene rings is 1. The molecule has 0 spiro atoms. The van der Waals surface area contributed by atoms with Crippen molar-refractivity contribution < 1.29 is 5.11 Å². The molecule has 0 saturated heterocycles. The highest BCUT2D eigenvalue weighted by atomic mass is 35.5. The third-order valence-corrected chi connectivity index (χ3v) is 5.15. The molecule has 0 bridgehead atoms. The third-order valence-electron chi connectivity index (χ3n) is 4.05. The molecule has 3 nitrogen and oxygen atoms in total. The van der Waals surface area contributed by atoms with Crippen molar-refractivity contribution in [2.45, 2.75) is 31.8 Å². The topological polar surface area (TPSA) is 36.4 Å². The minimum Gasteiger partial charge on any atom is -0.395 e. The van der Waals surface area contributed by atoms with E-state index in [0.717, 1.165) is 24.3 Å². The summed E-state index contributed by atoms with van der Waals surface area (Å²) in [5.74, 6) is 0. The van der Waals surface area contributed by atoms with Gasteiger partial charge in [0.1, 0.15) is 0 Å². The Morgan fingerprint density at radius 2 is 2.24 bits per heavy atom. The van der Waals surface area contributed by atoms with Crippen LogP contribution in [0.2, 0.25) is 4.47 Å². The second kappa shape index (κ2) is 6.88. The van der Waals surface area contributed by atoms with Crippen molar-refractivity contribution in [3.63, 3.8) is 0 Å². The number of nitrogens with zero attached hydrogens (tertiary/aromatic N) is 2. The van der Waals surface area contributed by atoms with E-state index in [1.807, 2.05) is 6.20 Å². The molecule has 5 heteroatoms. The van der Waals surface area contributed by atoms with Crippen LogP contribution in [-0.4, -0.2) is 28.1 Å². The number of hydrogen-bond acceptors (Lipinski definition) is 4. The van der Waals surface area contributed by atoms with Crippen molar-refractivity contribution in [3.8, 4) is 0 Å².